The summed E-state index contributed by atoms with van der Waals surface area (Å²) in [6, 6.07) is 0. The molecule has 0 heterocycles. The fourth-order valence-electron chi connectivity index (χ4n) is 3.49. The molecule has 0 aromatic carbocycles. The number of carboxylic acid groups (broad SMARTS) is 4. The molecule has 0 aliphatic heterocycles. The van der Waals surface area contributed by atoms with E-state index in [2.05, 4.69) is 27.7 Å². The van der Waals surface area contributed by atoms with Crippen LogP contribution in [0.3, 0.4) is 0 Å². The van der Waals surface area contributed by atoms with Gasteiger partial charge in [0.2, 0.25) is 0 Å². The van der Waals surface area contributed by atoms with E-state index in [1.165, 1.54) is 51.4 Å². The number of rotatable bonds is 24. The van der Waals surface area contributed by atoms with Crippen LogP contribution in [0.1, 0.15) is 182 Å². The van der Waals surface area contributed by atoms with E-state index < -0.39 is 23.9 Å². The van der Waals surface area contributed by atoms with Gasteiger partial charge in [-0.1, -0.05) is 130 Å². The Morgan fingerprint density at radius 3 is 0.571 bits per heavy atom. The zero-order valence-corrected chi connectivity index (χ0v) is 33.6. The smallest absolute Gasteiger partial charge is 0.550 e. The number of carboxylic acids is 4. The molecule has 0 radical (unpaired) electrons. The molecule has 8 nitrogen and oxygen atoms in total. The first kappa shape index (κ1) is 53.7. The summed E-state index contributed by atoms with van der Waals surface area (Å²) >= 11 is 0. The summed E-state index contributed by atoms with van der Waals surface area (Å²) in [6.07, 6.45) is 22.4. The van der Waals surface area contributed by atoms with Gasteiger partial charge in [0.05, 0.1) is 0 Å². The van der Waals surface area contributed by atoms with Gasteiger partial charge in [0.15, 0.2) is 0 Å². The molecule has 0 rings (SSSR count). The third-order valence-electron chi connectivity index (χ3n) is 5.94. The van der Waals surface area contributed by atoms with Gasteiger partial charge in [-0.2, -0.15) is 0 Å². The van der Waals surface area contributed by atoms with Crippen LogP contribution < -0.4 is 20.4 Å². The van der Waals surface area contributed by atoms with Gasteiger partial charge >= 0.3 is 39.0 Å². The van der Waals surface area contributed by atoms with Crippen molar-refractivity contribution in [3.8, 4) is 0 Å². The van der Waals surface area contributed by atoms with Crippen molar-refractivity contribution >= 4 is 23.9 Å². The van der Waals surface area contributed by atoms with Crippen molar-refractivity contribution in [3.05, 3.63) is 0 Å². The molecule has 0 N–H and O–H groups in total. The Kier molecular flexibility index (Phi) is 63.6. The Balaban J connectivity index is -0.000000101. The van der Waals surface area contributed by atoms with Crippen molar-refractivity contribution in [1.82, 2.24) is 0 Å². The molecule has 0 amide bonds. The Labute approximate surface area is 283 Å². The second-order valence-electron chi connectivity index (χ2n) is 10.1. The van der Waals surface area contributed by atoms with Crippen LogP contribution in [0.15, 0.2) is 0 Å². The minimum Gasteiger partial charge on any atom is -0.550 e. The van der Waals surface area contributed by atoms with Crippen LogP contribution in [0, 0.1) is 0 Å². The fourth-order valence-corrected chi connectivity index (χ4v) is 3.49. The SMILES string of the molecule is CCCCCCCC(=O)[O-].CCCCCCCC(=O)[O-].CCCCCCCC(=O)[O-].CCCCCCCC(=O)[O-].[Zn+2].[Zn+2]. The summed E-state index contributed by atoms with van der Waals surface area (Å²) in [7, 11) is 0. The van der Waals surface area contributed by atoms with Crippen LogP contribution in [-0.2, 0) is 58.1 Å². The van der Waals surface area contributed by atoms with Crippen LogP contribution in [0.4, 0.5) is 0 Å². The Morgan fingerprint density at radius 2 is 0.452 bits per heavy atom. The molecule has 0 aliphatic carbocycles. The van der Waals surface area contributed by atoms with Crippen LogP contribution in [0.5, 0.6) is 0 Å². The van der Waals surface area contributed by atoms with Crippen LogP contribution in [0.25, 0.3) is 0 Å². The summed E-state index contributed by atoms with van der Waals surface area (Å²) in [5.41, 5.74) is 0. The number of hydrogen-bond acceptors (Lipinski definition) is 8. The Morgan fingerprint density at radius 1 is 0.310 bits per heavy atom. The van der Waals surface area contributed by atoms with Crippen LogP contribution in [-0.4, -0.2) is 23.9 Å². The monoisotopic (exact) mass is 700 g/mol. The first-order valence-corrected chi connectivity index (χ1v) is 15.9. The average Bonchev–Trinajstić information content (AvgIpc) is 2.89. The van der Waals surface area contributed by atoms with Gasteiger partial charge in [0, 0.05) is 23.9 Å². The first-order valence-electron chi connectivity index (χ1n) is 15.9. The summed E-state index contributed by atoms with van der Waals surface area (Å²) in [5, 5.41) is 39.7. The Bertz CT molecular complexity index is 465. The maximum atomic E-state index is 9.92. The second-order valence-corrected chi connectivity index (χ2v) is 10.1. The first-order chi connectivity index (χ1) is 19.1. The maximum absolute atomic E-state index is 9.92. The molecule has 0 atom stereocenters. The van der Waals surface area contributed by atoms with Crippen molar-refractivity contribution in [2.45, 2.75) is 182 Å². The predicted molar refractivity (Wildman–Crippen MR) is 154 cm³/mol. The van der Waals surface area contributed by atoms with Gasteiger partial charge in [-0.3, -0.25) is 0 Å². The molecule has 0 saturated heterocycles. The van der Waals surface area contributed by atoms with Gasteiger partial charge in [-0.25, -0.2) is 0 Å². The van der Waals surface area contributed by atoms with Gasteiger partial charge < -0.3 is 39.6 Å². The fraction of sp³-hybridized carbons (Fsp3) is 0.875. The van der Waals surface area contributed by atoms with E-state index in [1.807, 2.05) is 0 Å². The van der Waals surface area contributed by atoms with E-state index in [4.69, 9.17) is 0 Å². The molecule has 0 unspecified atom stereocenters. The predicted octanol–water partition coefficient (Wildman–Crippen LogP) is 4.38. The molecule has 10 heteroatoms. The standard InChI is InChI=1S/4C8H16O2.2Zn/c4*1-2-3-4-5-6-7-8(9)10;;/h4*2-7H2,1H3,(H,9,10);;/q;;;;2*+2/p-4. The summed E-state index contributed by atoms with van der Waals surface area (Å²) in [6.45, 7) is 8.55. The van der Waals surface area contributed by atoms with Crippen molar-refractivity contribution in [3.63, 3.8) is 0 Å². The minimum atomic E-state index is -0.920. The summed E-state index contributed by atoms with van der Waals surface area (Å²) in [4.78, 5) is 39.7. The maximum Gasteiger partial charge on any atom is 2.00 e. The van der Waals surface area contributed by atoms with E-state index in [0.29, 0.717) is 0 Å². The number of unbranched alkanes of at least 4 members (excludes halogenated alkanes) is 16. The van der Waals surface area contributed by atoms with Crippen molar-refractivity contribution in [1.29, 1.82) is 0 Å². The third kappa shape index (κ3) is 77.3. The van der Waals surface area contributed by atoms with Crippen molar-refractivity contribution in [2.75, 3.05) is 0 Å². The number of carbonyl (C=O) groups excluding carboxylic acids is 4. The second kappa shape index (κ2) is 49.8. The molecule has 240 valence electrons. The van der Waals surface area contributed by atoms with Crippen molar-refractivity contribution in [2.24, 2.45) is 0 Å². The largest absolute Gasteiger partial charge is 2.00 e. The average molecular weight is 704 g/mol. The number of carbonyl (C=O) groups is 4. The van der Waals surface area contributed by atoms with E-state index in [1.54, 1.807) is 0 Å². The molecule has 0 fully saturated rings. The minimum absolute atomic E-state index is 0. The topological polar surface area (TPSA) is 161 Å². The van der Waals surface area contributed by atoms with Gasteiger partial charge in [0.25, 0.3) is 0 Å². The summed E-state index contributed by atoms with van der Waals surface area (Å²) in [5.74, 6) is -3.68. The normalized spacial score (nSPS) is 9.24. The molecule has 0 aliphatic rings. The molecular weight excluding hydrogens is 643 g/mol. The van der Waals surface area contributed by atoms with E-state index in [9.17, 15) is 39.6 Å². The molecule has 0 aromatic heterocycles. The number of hydrogen-bond donors (Lipinski definition) is 0. The zero-order valence-electron chi connectivity index (χ0n) is 27.7. The quantitative estimate of drug-likeness (QED) is 0.106. The van der Waals surface area contributed by atoms with E-state index >= 15 is 0 Å². The molecule has 0 saturated carbocycles. The summed E-state index contributed by atoms with van der Waals surface area (Å²) < 4.78 is 0. The van der Waals surface area contributed by atoms with Crippen LogP contribution >= 0.6 is 0 Å². The Hall–Kier alpha value is -0.873. The van der Waals surface area contributed by atoms with Gasteiger partial charge in [-0.05, 0) is 51.4 Å². The van der Waals surface area contributed by atoms with Crippen LogP contribution in [0.2, 0.25) is 0 Å². The van der Waals surface area contributed by atoms with E-state index in [0.717, 1.165) is 77.0 Å². The molecule has 0 aromatic rings. The molecule has 42 heavy (non-hydrogen) atoms. The molecular formula is C32H60O8Zn2. The van der Waals surface area contributed by atoms with Gasteiger partial charge in [-0.15, -0.1) is 0 Å². The number of aliphatic carboxylic acids is 4. The third-order valence-corrected chi connectivity index (χ3v) is 5.94. The molecule has 0 spiro atoms. The molecule has 0 bridgehead atoms. The van der Waals surface area contributed by atoms with E-state index in [-0.39, 0.29) is 64.6 Å². The zero-order chi connectivity index (χ0) is 31.3. The van der Waals surface area contributed by atoms with Crippen molar-refractivity contribution < 1.29 is 78.6 Å². The van der Waals surface area contributed by atoms with Gasteiger partial charge in [0.1, 0.15) is 0 Å².